The average Bonchev–Trinajstić information content (AvgIpc) is 2.56. The molecule has 0 saturated carbocycles. The van der Waals surface area contributed by atoms with E-state index < -0.39 is 34.9 Å². The molecule has 0 fully saturated rings. The Kier molecular flexibility index (Phi) is 5.57. The van der Waals surface area contributed by atoms with Gasteiger partial charge in [-0.3, -0.25) is 4.79 Å². The normalized spacial score (nSPS) is 11.6. The predicted molar refractivity (Wildman–Crippen MR) is 83.8 cm³/mol. The standard InChI is InChI=1S/C17H10F5N3O/c18-12-4-5-15(14(19)7-12)24-9-10(8-23)16(26)25-13-3-1-2-11(6-13)17(20,21)22/h1-7,9,24H,(H,25,26)/b10-9-. The molecule has 0 bridgehead atoms. The quantitative estimate of drug-likeness (QED) is 0.477. The number of carbonyl (C=O) groups is 1. The lowest BCUT2D eigenvalue weighted by molar-refractivity contribution is -0.137. The first-order valence-corrected chi connectivity index (χ1v) is 7.01. The summed E-state index contributed by atoms with van der Waals surface area (Å²) >= 11 is 0. The maximum absolute atomic E-state index is 13.5. The van der Waals surface area contributed by atoms with Crippen LogP contribution in [0, 0.1) is 23.0 Å². The number of anilines is 2. The molecule has 0 radical (unpaired) electrons. The summed E-state index contributed by atoms with van der Waals surface area (Å²) in [7, 11) is 0. The number of benzene rings is 2. The van der Waals surface area contributed by atoms with Gasteiger partial charge in [0, 0.05) is 18.0 Å². The van der Waals surface area contributed by atoms with Crippen molar-refractivity contribution in [2.75, 3.05) is 10.6 Å². The first kappa shape index (κ1) is 18.9. The van der Waals surface area contributed by atoms with Gasteiger partial charge >= 0.3 is 6.18 Å². The zero-order valence-electron chi connectivity index (χ0n) is 12.9. The van der Waals surface area contributed by atoms with Gasteiger partial charge in [0.2, 0.25) is 0 Å². The lowest BCUT2D eigenvalue weighted by Gasteiger charge is -2.09. The van der Waals surface area contributed by atoms with E-state index in [1.54, 1.807) is 0 Å². The zero-order chi connectivity index (χ0) is 19.3. The van der Waals surface area contributed by atoms with Crippen molar-refractivity contribution in [1.82, 2.24) is 0 Å². The van der Waals surface area contributed by atoms with Crippen molar-refractivity contribution in [3.63, 3.8) is 0 Å². The molecule has 0 aliphatic heterocycles. The summed E-state index contributed by atoms with van der Waals surface area (Å²) in [5.74, 6) is -2.75. The SMILES string of the molecule is N#C/C(=C/Nc1ccc(F)cc1F)C(=O)Nc1cccc(C(F)(F)F)c1. The molecule has 134 valence electrons. The second-order valence-corrected chi connectivity index (χ2v) is 4.97. The highest BCUT2D eigenvalue weighted by Gasteiger charge is 2.30. The summed E-state index contributed by atoms with van der Waals surface area (Å²) in [4.78, 5) is 12.0. The Hall–Kier alpha value is -3.41. The first-order valence-electron chi connectivity index (χ1n) is 7.01. The lowest BCUT2D eigenvalue weighted by Crippen LogP contribution is -2.15. The van der Waals surface area contributed by atoms with Crippen molar-refractivity contribution >= 4 is 17.3 Å². The summed E-state index contributed by atoms with van der Waals surface area (Å²) in [5.41, 5.74) is -1.85. The summed E-state index contributed by atoms with van der Waals surface area (Å²) in [6.45, 7) is 0. The van der Waals surface area contributed by atoms with E-state index in [4.69, 9.17) is 5.26 Å². The fourth-order valence-corrected chi connectivity index (χ4v) is 1.88. The molecule has 9 heteroatoms. The summed E-state index contributed by atoms with van der Waals surface area (Å²) in [5, 5.41) is 13.5. The fraction of sp³-hybridized carbons (Fsp3) is 0.0588. The van der Waals surface area contributed by atoms with E-state index in [0.717, 1.165) is 30.5 Å². The van der Waals surface area contributed by atoms with Crippen molar-refractivity contribution < 1.29 is 26.7 Å². The number of carbonyl (C=O) groups excluding carboxylic acids is 1. The van der Waals surface area contributed by atoms with E-state index in [0.29, 0.717) is 12.1 Å². The van der Waals surface area contributed by atoms with Crippen molar-refractivity contribution in [1.29, 1.82) is 5.26 Å². The number of hydrogen-bond donors (Lipinski definition) is 2. The van der Waals surface area contributed by atoms with Gasteiger partial charge in [-0.1, -0.05) is 6.07 Å². The predicted octanol–water partition coefficient (Wildman–Crippen LogP) is 4.44. The van der Waals surface area contributed by atoms with Crippen molar-refractivity contribution in [2.45, 2.75) is 6.18 Å². The molecule has 1 amide bonds. The number of nitrogens with one attached hydrogen (secondary N) is 2. The number of halogens is 5. The molecule has 2 aromatic carbocycles. The Labute approximate surface area is 144 Å². The van der Waals surface area contributed by atoms with E-state index in [1.165, 1.54) is 12.1 Å². The highest BCUT2D eigenvalue weighted by Crippen LogP contribution is 2.30. The van der Waals surface area contributed by atoms with Gasteiger partial charge in [0.15, 0.2) is 0 Å². The Morgan fingerprint density at radius 3 is 2.46 bits per heavy atom. The third-order valence-electron chi connectivity index (χ3n) is 3.12. The third-order valence-corrected chi connectivity index (χ3v) is 3.12. The van der Waals surface area contributed by atoms with Crippen molar-refractivity contribution in [3.8, 4) is 6.07 Å². The van der Waals surface area contributed by atoms with E-state index in [9.17, 15) is 26.7 Å². The van der Waals surface area contributed by atoms with Crippen LogP contribution in [0.5, 0.6) is 0 Å². The van der Waals surface area contributed by atoms with Gasteiger partial charge in [0.25, 0.3) is 5.91 Å². The minimum atomic E-state index is -4.59. The van der Waals surface area contributed by atoms with Gasteiger partial charge in [-0.05, 0) is 30.3 Å². The second-order valence-electron chi connectivity index (χ2n) is 4.97. The van der Waals surface area contributed by atoms with Crippen LogP contribution in [0.4, 0.5) is 33.3 Å². The molecule has 0 aliphatic carbocycles. The molecule has 26 heavy (non-hydrogen) atoms. The third kappa shape index (κ3) is 4.80. The number of nitriles is 1. The molecule has 0 spiro atoms. The Morgan fingerprint density at radius 2 is 1.85 bits per heavy atom. The highest BCUT2D eigenvalue weighted by molar-refractivity contribution is 6.06. The van der Waals surface area contributed by atoms with Crippen LogP contribution in [-0.4, -0.2) is 5.91 Å². The van der Waals surface area contributed by atoms with Gasteiger partial charge in [0.1, 0.15) is 23.3 Å². The van der Waals surface area contributed by atoms with Crippen LogP contribution in [0.1, 0.15) is 5.56 Å². The zero-order valence-corrected chi connectivity index (χ0v) is 12.9. The number of alkyl halides is 3. The average molecular weight is 367 g/mol. The van der Waals surface area contributed by atoms with Gasteiger partial charge in [-0.15, -0.1) is 0 Å². The van der Waals surface area contributed by atoms with Gasteiger partial charge in [0.05, 0.1) is 11.3 Å². The maximum Gasteiger partial charge on any atom is 0.416 e. The Balaban J connectivity index is 2.15. The molecule has 2 rings (SSSR count). The molecular weight excluding hydrogens is 357 g/mol. The molecule has 2 aromatic rings. The topological polar surface area (TPSA) is 64.9 Å². The molecule has 4 nitrogen and oxygen atoms in total. The van der Waals surface area contributed by atoms with Crippen LogP contribution >= 0.6 is 0 Å². The minimum absolute atomic E-state index is 0.168. The minimum Gasteiger partial charge on any atom is -0.358 e. The molecule has 0 heterocycles. The van der Waals surface area contributed by atoms with Crippen LogP contribution in [0.15, 0.2) is 54.2 Å². The first-order chi connectivity index (χ1) is 12.2. The highest BCUT2D eigenvalue weighted by atomic mass is 19.4. The van der Waals surface area contributed by atoms with Crippen LogP contribution < -0.4 is 10.6 Å². The molecule has 0 unspecified atom stereocenters. The number of nitrogens with zero attached hydrogens (tertiary/aromatic N) is 1. The molecular formula is C17H10F5N3O. The second kappa shape index (κ2) is 7.65. The van der Waals surface area contributed by atoms with E-state index in [2.05, 4.69) is 10.6 Å². The largest absolute Gasteiger partial charge is 0.416 e. The van der Waals surface area contributed by atoms with E-state index >= 15 is 0 Å². The van der Waals surface area contributed by atoms with Crippen LogP contribution in [0.25, 0.3) is 0 Å². The lowest BCUT2D eigenvalue weighted by atomic mass is 10.2. The van der Waals surface area contributed by atoms with Gasteiger partial charge in [-0.2, -0.15) is 18.4 Å². The number of amides is 1. The Morgan fingerprint density at radius 1 is 1.12 bits per heavy atom. The summed E-state index contributed by atoms with van der Waals surface area (Å²) in [6, 6.07) is 8.01. The van der Waals surface area contributed by atoms with Crippen LogP contribution in [-0.2, 0) is 11.0 Å². The van der Waals surface area contributed by atoms with Gasteiger partial charge in [-0.25, -0.2) is 8.78 Å². The molecule has 0 saturated heterocycles. The molecule has 0 aromatic heterocycles. The maximum atomic E-state index is 13.5. The number of rotatable bonds is 4. The Bertz CT molecular complexity index is 900. The smallest absolute Gasteiger partial charge is 0.358 e. The van der Waals surface area contributed by atoms with E-state index in [1.807, 2.05) is 0 Å². The summed E-state index contributed by atoms with van der Waals surface area (Å²) in [6.07, 6.45) is -3.73. The fourth-order valence-electron chi connectivity index (χ4n) is 1.88. The van der Waals surface area contributed by atoms with Crippen LogP contribution in [0.2, 0.25) is 0 Å². The van der Waals surface area contributed by atoms with Gasteiger partial charge < -0.3 is 10.6 Å². The van der Waals surface area contributed by atoms with Crippen molar-refractivity contribution in [3.05, 3.63) is 71.4 Å². The monoisotopic (exact) mass is 367 g/mol. The summed E-state index contributed by atoms with van der Waals surface area (Å²) < 4.78 is 64.3. The molecule has 2 N–H and O–H groups in total. The van der Waals surface area contributed by atoms with E-state index in [-0.39, 0.29) is 11.4 Å². The molecule has 0 aliphatic rings. The molecule has 0 atom stereocenters. The van der Waals surface area contributed by atoms with Crippen LogP contribution in [0.3, 0.4) is 0 Å². The number of hydrogen-bond acceptors (Lipinski definition) is 3. The van der Waals surface area contributed by atoms with Crippen molar-refractivity contribution in [2.24, 2.45) is 0 Å².